The van der Waals surface area contributed by atoms with Gasteiger partial charge in [-0.25, -0.2) is 0 Å². The summed E-state index contributed by atoms with van der Waals surface area (Å²) in [5.41, 5.74) is 6.34. The number of benzene rings is 1. The average Bonchev–Trinajstić information content (AvgIpc) is 2.45. The molecule has 4 N–H and O–H groups in total. The second kappa shape index (κ2) is 8.14. The predicted molar refractivity (Wildman–Crippen MR) is 78.9 cm³/mol. The summed E-state index contributed by atoms with van der Waals surface area (Å²) >= 11 is 0. The maximum Gasteiger partial charge on any atom is 0.349 e. The van der Waals surface area contributed by atoms with Crippen LogP contribution in [0.4, 0.5) is 0 Å². The fourth-order valence-corrected chi connectivity index (χ4v) is 3.03. The highest BCUT2D eigenvalue weighted by Gasteiger charge is 2.26. The van der Waals surface area contributed by atoms with E-state index in [2.05, 4.69) is 5.32 Å². The van der Waals surface area contributed by atoms with Crippen LogP contribution in [0.5, 0.6) is 5.75 Å². The number of hydrogen-bond acceptors (Lipinski definition) is 6. The number of nitrogens with one attached hydrogen (secondary N) is 1. The van der Waals surface area contributed by atoms with Crippen molar-refractivity contribution in [3.05, 3.63) is 29.8 Å². The van der Waals surface area contributed by atoms with Crippen LogP contribution in [0.2, 0.25) is 0 Å². The number of phenols is 1. The maximum absolute atomic E-state index is 12.2. The number of aromatic hydroxyl groups is 1. The molecule has 1 unspecified atom stereocenters. The number of amides is 1. The molecule has 1 rings (SSSR count). The summed E-state index contributed by atoms with van der Waals surface area (Å²) in [5, 5.41) is 11.7. The highest BCUT2D eigenvalue weighted by molar-refractivity contribution is 7.53. The molecule has 8 heteroatoms. The number of hydrogen-bond donors (Lipinski definition) is 3. The summed E-state index contributed by atoms with van der Waals surface area (Å²) in [6, 6.07) is 5.04. The average molecular weight is 316 g/mol. The van der Waals surface area contributed by atoms with Crippen LogP contribution in [0.15, 0.2) is 24.3 Å². The Balaban J connectivity index is 2.63. The molecular weight excluding hydrogens is 295 g/mol. The lowest BCUT2D eigenvalue weighted by Crippen LogP contribution is -2.35. The Morgan fingerprint density at radius 3 is 2.29 bits per heavy atom. The molecule has 1 aromatic carbocycles. The van der Waals surface area contributed by atoms with Gasteiger partial charge in [0.15, 0.2) is 0 Å². The fourth-order valence-electron chi connectivity index (χ4n) is 1.64. The molecule has 0 bridgehead atoms. The third-order valence-corrected chi connectivity index (χ3v) is 4.48. The minimum absolute atomic E-state index is 0.0866. The van der Waals surface area contributed by atoms with Crippen LogP contribution in [0.1, 0.15) is 25.5 Å². The summed E-state index contributed by atoms with van der Waals surface area (Å²) in [4.78, 5) is 12.0. The van der Waals surface area contributed by atoms with Crippen molar-refractivity contribution >= 4 is 13.5 Å². The van der Waals surface area contributed by atoms with E-state index in [1.54, 1.807) is 26.0 Å². The number of carbonyl (C=O) groups excluding carboxylic acids is 1. The Morgan fingerprint density at radius 1 is 1.29 bits per heavy atom. The van der Waals surface area contributed by atoms with Gasteiger partial charge in [-0.05, 0) is 31.5 Å². The molecule has 0 aliphatic carbocycles. The SMILES string of the molecule is CCOP(=O)(CNC(=O)C(N)c1ccc(O)cc1)OCC. The monoisotopic (exact) mass is 316 g/mol. The van der Waals surface area contributed by atoms with Crippen molar-refractivity contribution in [2.45, 2.75) is 19.9 Å². The van der Waals surface area contributed by atoms with E-state index in [1.807, 2.05) is 0 Å². The molecule has 1 aromatic rings. The van der Waals surface area contributed by atoms with Gasteiger partial charge >= 0.3 is 7.60 Å². The van der Waals surface area contributed by atoms with E-state index in [0.717, 1.165) is 0 Å². The van der Waals surface area contributed by atoms with E-state index in [-0.39, 0.29) is 25.2 Å². The van der Waals surface area contributed by atoms with Crippen LogP contribution in [0.25, 0.3) is 0 Å². The third kappa shape index (κ3) is 5.47. The molecule has 0 saturated heterocycles. The van der Waals surface area contributed by atoms with E-state index in [1.165, 1.54) is 12.1 Å². The van der Waals surface area contributed by atoms with Gasteiger partial charge in [0.1, 0.15) is 18.1 Å². The van der Waals surface area contributed by atoms with Crippen molar-refractivity contribution in [2.24, 2.45) is 5.73 Å². The Morgan fingerprint density at radius 2 is 1.81 bits per heavy atom. The third-order valence-electron chi connectivity index (χ3n) is 2.63. The Kier molecular flexibility index (Phi) is 6.84. The van der Waals surface area contributed by atoms with Gasteiger partial charge in [-0.1, -0.05) is 12.1 Å². The molecule has 0 saturated carbocycles. The van der Waals surface area contributed by atoms with Crippen LogP contribution < -0.4 is 11.1 Å². The molecular formula is C13H21N2O5P. The number of nitrogens with two attached hydrogens (primary N) is 1. The minimum atomic E-state index is -3.34. The Bertz CT molecular complexity index is 496. The zero-order valence-corrected chi connectivity index (χ0v) is 13.0. The van der Waals surface area contributed by atoms with Crippen LogP contribution in [-0.2, 0) is 18.4 Å². The van der Waals surface area contributed by atoms with E-state index in [4.69, 9.17) is 14.8 Å². The van der Waals surface area contributed by atoms with Crippen LogP contribution in [-0.4, -0.2) is 30.5 Å². The zero-order chi connectivity index (χ0) is 15.9. The molecule has 0 aliphatic rings. The first-order chi connectivity index (χ1) is 9.91. The molecule has 21 heavy (non-hydrogen) atoms. The molecule has 0 radical (unpaired) electrons. The largest absolute Gasteiger partial charge is 0.508 e. The molecule has 7 nitrogen and oxygen atoms in total. The normalized spacial score (nSPS) is 12.9. The van der Waals surface area contributed by atoms with Crippen molar-refractivity contribution in [3.63, 3.8) is 0 Å². The van der Waals surface area contributed by atoms with E-state index in [9.17, 15) is 14.5 Å². The van der Waals surface area contributed by atoms with Crippen molar-refractivity contribution in [3.8, 4) is 5.75 Å². The number of carbonyl (C=O) groups is 1. The van der Waals surface area contributed by atoms with E-state index < -0.39 is 19.5 Å². The van der Waals surface area contributed by atoms with Gasteiger partial charge in [-0.2, -0.15) is 0 Å². The molecule has 118 valence electrons. The molecule has 1 atom stereocenters. The van der Waals surface area contributed by atoms with Gasteiger partial charge in [0, 0.05) is 0 Å². The van der Waals surface area contributed by atoms with Gasteiger partial charge in [-0.3, -0.25) is 9.36 Å². The lowest BCUT2D eigenvalue weighted by Gasteiger charge is -2.19. The lowest BCUT2D eigenvalue weighted by atomic mass is 10.1. The van der Waals surface area contributed by atoms with E-state index in [0.29, 0.717) is 5.56 Å². The standard InChI is InChI=1S/C13H21N2O5P/c1-3-19-21(18,20-4-2)9-15-13(17)12(14)10-5-7-11(16)8-6-10/h5-8,12,16H,3-4,9,14H2,1-2H3,(H,15,17). The second-order valence-corrected chi connectivity index (χ2v) is 6.27. The minimum Gasteiger partial charge on any atom is -0.508 e. The fraction of sp³-hybridized carbons (Fsp3) is 0.462. The van der Waals surface area contributed by atoms with Gasteiger partial charge in [0.05, 0.1) is 13.2 Å². The summed E-state index contributed by atoms with van der Waals surface area (Å²) in [7, 11) is -3.34. The number of phenolic OH excluding ortho intramolecular Hbond substituents is 1. The maximum atomic E-state index is 12.2. The van der Waals surface area contributed by atoms with Gasteiger partial charge < -0.3 is 25.2 Å². The highest BCUT2D eigenvalue weighted by atomic mass is 31.2. The Labute approximate surface area is 124 Å². The Hall–Kier alpha value is -1.40. The van der Waals surface area contributed by atoms with Gasteiger partial charge in [0.25, 0.3) is 0 Å². The van der Waals surface area contributed by atoms with Crippen molar-refractivity contribution in [2.75, 3.05) is 19.5 Å². The molecule has 0 heterocycles. The first-order valence-electron chi connectivity index (χ1n) is 6.62. The highest BCUT2D eigenvalue weighted by Crippen LogP contribution is 2.46. The molecule has 0 aliphatic heterocycles. The van der Waals surface area contributed by atoms with Gasteiger partial charge in [0.2, 0.25) is 5.91 Å². The van der Waals surface area contributed by atoms with Crippen molar-refractivity contribution in [1.82, 2.24) is 5.32 Å². The smallest absolute Gasteiger partial charge is 0.349 e. The van der Waals surface area contributed by atoms with Gasteiger partial charge in [-0.15, -0.1) is 0 Å². The summed E-state index contributed by atoms with van der Waals surface area (Å²) in [6.45, 7) is 3.82. The topological polar surface area (TPSA) is 111 Å². The first-order valence-corrected chi connectivity index (χ1v) is 8.35. The van der Waals surface area contributed by atoms with Crippen LogP contribution in [0.3, 0.4) is 0 Å². The predicted octanol–water partition coefficient (Wildman–Crippen LogP) is 1.73. The van der Waals surface area contributed by atoms with Crippen LogP contribution >= 0.6 is 7.60 Å². The lowest BCUT2D eigenvalue weighted by molar-refractivity contribution is -0.122. The first kappa shape index (κ1) is 17.7. The van der Waals surface area contributed by atoms with Crippen LogP contribution in [0, 0.1) is 0 Å². The summed E-state index contributed by atoms with van der Waals surface area (Å²) < 4.78 is 22.3. The molecule has 0 fully saturated rings. The second-order valence-electron chi connectivity index (χ2n) is 4.21. The van der Waals surface area contributed by atoms with Crippen molar-refractivity contribution in [1.29, 1.82) is 0 Å². The number of rotatable bonds is 8. The van der Waals surface area contributed by atoms with E-state index >= 15 is 0 Å². The quantitative estimate of drug-likeness (QED) is 0.630. The molecule has 0 aromatic heterocycles. The summed E-state index contributed by atoms with van der Waals surface area (Å²) in [5.74, 6) is -0.413. The summed E-state index contributed by atoms with van der Waals surface area (Å²) in [6.07, 6.45) is -0.237. The zero-order valence-electron chi connectivity index (χ0n) is 12.1. The molecule has 1 amide bonds. The van der Waals surface area contributed by atoms with Crippen molar-refractivity contribution < 1.29 is 23.5 Å². The molecule has 0 spiro atoms.